The normalized spacial score (nSPS) is 36.6. The maximum atomic E-state index is 12.0. The van der Waals surface area contributed by atoms with Crippen molar-refractivity contribution in [2.45, 2.75) is 58.4 Å². The third kappa shape index (κ3) is 3.98. The Labute approximate surface area is 111 Å². The SMILES string of the molecule is CC1CCC(NC(=O)CCC2CCNC2)C(C)C1. The minimum atomic E-state index is 0.272. The molecule has 1 saturated carbocycles. The van der Waals surface area contributed by atoms with Crippen molar-refractivity contribution in [3.63, 3.8) is 0 Å². The standard InChI is InChI=1S/C15H28N2O/c1-11-3-5-14(12(2)9-11)17-15(18)6-4-13-7-8-16-10-13/h11-14,16H,3-10H2,1-2H3,(H,17,18). The van der Waals surface area contributed by atoms with Crippen LogP contribution in [0.1, 0.15) is 52.4 Å². The lowest BCUT2D eigenvalue weighted by atomic mass is 9.80. The van der Waals surface area contributed by atoms with Crippen LogP contribution < -0.4 is 10.6 Å². The summed E-state index contributed by atoms with van der Waals surface area (Å²) in [4.78, 5) is 12.0. The van der Waals surface area contributed by atoms with E-state index in [1.165, 1.54) is 25.7 Å². The first kappa shape index (κ1) is 13.9. The van der Waals surface area contributed by atoms with Crippen LogP contribution in [0.3, 0.4) is 0 Å². The van der Waals surface area contributed by atoms with Gasteiger partial charge < -0.3 is 10.6 Å². The molecule has 1 amide bonds. The first-order valence-electron chi connectivity index (χ1n) is 7.65. The molecule has 1 aliphatic carbocycles. The molecule has 2 aliphatic rings. The fraction of sp³-hybridized carbons (Fsp3) is 0.933. The second-order valence-electron chi connectivity index (χ2n) is 6.47. The highest BCUT2D eigenvalue weighted by Gasteiger charge is 2.26. The van der Waals surface area contributed by atoms with Crippen LogP contribution in [0.25, 0.3) is 0 Å². The van der Waals surface area contributed by atoms with Gasteiger partial charge in [-0.05, 0) is 62.9 Å². The monoisotopic (exact) mass is 252 g/mol. The molecule has 2 N–H and O–H groups in total. The van der Waals surface area contributed by atoms with Crippen LogP contribution in [0.4, 0.5) is 0 Å². The first-order chi connectivity index (χ1) is 8.65. The molecule has 0 radical (unpaired) electrons. The van der Waals surface area contributed by atoms with E-state index in [2.05, 4.69) is 24.5 Å². The van der Waals surface area contributed by atoms with E-state index in [0.29, 0.717) is 18.4 Å². The van der Waals surface area contributed by atoms with Crippen LogP contribution in [-0.4, -0.2) is 25.0 Å². The zero-order valence-electron chi connectivity index (χ0n) is 11.9. The van der Waals surface area contributed by atoms with E-state index in [-0.39, 0.29) is 5.91 Å². The summed E-state index contributed by atoms with van der Waals surface area (Å²) in [7, 11) is 0. The lowest BCUT2D eigenvalue weighted by Crippen LogP contribution is -2.42. The third-order valence-electron chi connectivity index (χ3n) is 4.72. The molecule has 3 nitrogen and oxygen atoms in total. The van der Waals surface area contributed by atoms with E-state index in [0.717, 1.165) is 31.3 Å². The molecule has 4 atom stereocenters. The molecule has 0 aromatic carbocycles. The zero-order valence-corrected chi connectivity index (χ0v) is 11.9. The van der Waals surface area contributed by atoms with Crippen LogP contribution in [-0.2, 0) is 4.79 Å². The van der Waals surface area contributed by atoms with Crippen molar-refractivity contribution < 1.29 is 4.79 Å². The average Bonchev–Trinajstić information content (AvgIpc) is 2.83. The molecule has 0 aromatic rings. The highest BCUT2D eigenvalue weighted by atomic mass is 16.1. The number of hydrogen-bond acceptors (Lipinski definition) is 2. The van der Waals surface area contributed by atoms with Gasteiger partial charge in [-0.15, -0.1) is 0 Å². The number of amides is 1. The van der Waals surface area contributed by atoms with E-state index in [4.69, 9.17) is 0 Å². The van der Waals surface area contributed by atoms with E-state index in [9.17, 15) is 4.79 Å². The Kier molecular flexibility index (Phi) is 5.04. The van der Waals surface area contributed by atoms with Gasteiger partial charge in [0, 0.05) is 12.5 Å². The molecule has 1 aliphatic heterocycles. The summed E-state index contributed by atoms with van der Waals surface area (Å²) in [6.07, 6.45) is 6.70. The van der Waals surface area contributed by atoms with Gasteiger partial charge >= 0.3 is 0 Å². The lowest BCUT2D eigenvalue weighted by molar-refractivity contribution is -0.122. The van der Waals surface area contributed by atoms with Crippen molar-refractivity contribution >= 4 is 5.91 Å². The number of carbonyl (C=O) groups is 1. The molecule has 104 valence electrons. The number of nitrogens with one attached hydrogen (secondary N) is 2. The van der Waals surface area contributed by atoms with Gasteiger partial charge in [-0.3, -0.25) is 4.79 Å². The van der Waals surface area contributed by atoms with Gasteiger partial charge in [0.15, 0.2) is 0 Å². The molecule has 1 heterocycles. The lowest BCUT2D eigenvalue weighted by Gasteiger charge is -2.33. The van der Waals surface area contributed by atoms with Gasteiger partial charge in [-0.1, -0.05) is 13.8 Å². The summed E-state index contributed by atoms with van der Waals surface area (Å²) in [5.74, 6) is 2.47. The summed E-state index contributed by atoms with van der Waals surface area (Å²) < 4.78 is 0. The van der Waals surface area contributed by atoms with Crippen molar-refractivity contribution in [3.8, 4) is 0 Å². The summed E-state index contributed by atoms with van der Waals surface area (Å²) in [5.41, 5.74) is 0. The summed E-state index contributed by atoms with van der Waals surface area (Å²) in [5, 5.41) is 6.61. The molecule has 0 bridgehead atoms. The minimum absolute atomic E-state index is 0.272. The van der Waals surface area contributed by atoms with Crippen molar-refractivity contribution in [3.05, 3.63) is 0 Å². The van der Waals surface area contributed by atoms with Gasteiger partial charge in [0.25, 0.3) is 0 Å². The quantitative estimate of drug-likeness (QED) is 0.806. The maximum absolute atomic E-state index is 12.0. The van der Waals surface area contributed by atoms with Gasteiger partial charge in [-0.2, -0.15) is 0 Å². The largest absolute Gasteiger partial charge is 0.353 e. The number of hydrogen-bond donors (Lipinski definition) is 2. The van der Waals surface area contributed by atoms with Gasteiger partial charge in [0.05, 0.1) is 0 Å². The predicted molar refractivity (Wildman–Crippen MR) is 74.3 cm³/mol. The van der Waals surface area contributed by atoms with Crippen LogP contribution in [0, 0.1) is 17.8 Å². The Morgan fingerprint density at radius 2 is 2.11 bits per heavy atom. The number of rotatable bonds is 4. The second-order valence-corrected chi connectivity index (χ2v) is 6.47. The van der Waals surface area contributed by atoms with Gasteiger partial charge in [0.2, 0.25) is 5.91 Å². The maximum Gasteiger partial charge on any atom is 0.220 e. The van der Waals surface area contributed by atoms with Gasteiger partial charge in [-0.25, -0.2) is 0 Å². The molecule has 1 saturated heterocycles. The fourth-order valence-electron chi connectivity index (χ4n) is 3.45. The Bertz CT molecular complexity index is 274. The first-order valence-corrected chi connectivity index (χ1v) is 7.65. The minimum Gasteiger partial charge on any atom is -0.353 e. The van der Waals surface area contributed by atoms with E-state index in [1.54, 1.807) is 0 Å². The fourth-order valence-corrected chi connectivity index (χ4v) is 3.45. The molecule has 0 spiro atoms. The molecular formula is C15H28N2O. The third-order valence-corrected chi connectivity index (χ3v) is 4.72. The summed E-state index contributed by atoms with van der Waals surface area (Å²) in [6, 6.07) is 0.426. The van der Waals surface area contributed by atoms with Crippen molar-refractivity contribution in [1.82, 2.24) is 10.6 Å². The van der Waals surface area contributed by atoms with E-state index < -0.39 is 0 Å². The predicted octanol–water partition coefficient (Wildman–Crippen LogP) is 2.32. The topological polar surface area (TPSA) is 41.1 Å². The van der Waals surface area contributed by atoms with E-state index >= 15 is 0 Å². The highest BCUT2D eigenvalue weighted by molar-refractivity contribution is 5.76. The van der Waals surface area contributed by atoms with Crippen LogP contribution in [0.5, 0.6) is 0 Å². The van der Waals surface area contributed by atoms with Crippen LogP contribution in [0.15, 0.2) is 0 Å². The van der Waals surface area contributed by atoms with Gasteiger partial charge in [0.1, 0.15) is 0 Å². The molecule has 2 rings (SSSR count). The molecule has 18 heavy (non-hydrogen) atoms. The van der Waals surface area contributed by atoms with E-state index in [1.807, 2.05) is 0 Å². The van der Waals surface area contributed by atoms with Crippen molar-refractivity contribution in [1.29, 1.82) is 0 Å². The summed E-state index contributed by atoms with van der Waals surface area (Å²) in [6.45, 7) is 6.83. The average molecular weight is 252 g/mol. The Morgan fingerprint density at radius 1 is 1.28 bits per heavy atom. The smallest absolute Gasteiger partial charge is 0.220 e. The Hall–Kier alpha value is -0.570. The van der Waals surface area contributed by atoms with Crippen LogP contribution in [0.2, 0.25) is 0 Å². The Balaban J connectivity index is 1.66. The van der Waals surface area contributed by atoms with Crippen molar-refractivity contribution in [2.24, 2.45) is 17.8 Å². The number of carbonyl (C=O) groups excluding carboxylic acids is 1. The molecule has 0 aromatic heterocycles. The summed E-state index contributed by atoms with van der Waals surface area (Å²) >= 11 is 0. The van der Waals surface area contributed by atoms with Crippen LogP contribution >= 0.6 is 0 Å². The molecular weight excluding hydrogens is 224 g/mol. The molecule has 3 heteroatoms. The Morgan fingerprint density at radius 3 is 2.78 bits per heavy atom. The zero-order chi connectivity index (χ0) is 13.0. The molecule has 4 unspecified atom stereocenters. The highest BCUT2D eigenvalue weighted by Crippen LogP contribution is 2.28. The molecule has 2 fully saturated rings. The van der Waals surface area contributed by atoms with Crippen molar-refractivity contribution in [2.75, 3.05) is 13.1 Å². The second kappa shape index (κ2) is 6.55.